The van der Waals surface area contributed by atoms with E-state index in [4.69, 9.17) is 0 Å². The molecule has 1 atom stereocenters. The Bertz CT molecular complexity index is 728. The molecule has 5 heteroatoms. The van der Waals surface area contributed by atoms with Gasteiger partial charge in [-0.15, -0.1) is 0 Å². The molecule has 0 saturated carbocycles. The van der Waals surface area contributed by atoms with Crippen molar-refractivity contribution in [1.29, 1.82) is 0 Å². The normalized spacial score (nSPS) is 12.9. The van der Waals surface area contributed by atoms with Crippen molar-refractivity contribution < 1.29 is 22.3 Å². The number of hydrogen-bond donors (Lipinski definition) is 0. The molecule has 1 nitrogen and oxygen atoms in total. The molecule has 154 valence electrons. The van der Waals surface area contributed by atoms with Crippen LogP contribution in [0.15, 0.2) is 42.5 Å². The van der Waals surface area contributed by atoms with Crippen molar-refractivity contribution in [1.82, 2.24) is 0 Å². The summed E-state index contributed by atoms with van der Waals surface area (Å²) in [5.74, 6) is -0.457. The molecular weight excluding hydrogens is 368 g/mol. The highest BCUT2D eigenvalue weighted by Crippen LogP contribution is 2.36. The molecule has 0 amide bonds. The number of alkyl halides is 3. The van der Waals surface area contributed by atoms with E-state index in [0.29, 0.717) is 12.0 Å². The first kappa shape index (κ1) is 22.4. The maximum atomic E-state index is 14.3. The van der Waals surface area contributed by atoms with E-state index in [1.807, 2.05) is 6.92 Å². The zero-order valence-corrected chi connectivity index (χ0v) is 16.5. The molecule has 0 aliphatic rings. The number of halogens is 4. The lowest BCUT2D eigenvalue weighted by molar-refractivity contribution is -0.282. The van der Waals surface area contributed by atoms with Crippen LogP contribution in [0.3, 0.4) is 0 Å². The minimum absolute atomic E-state index is 0.131. The lowest BCUT2D eigenvalue weighted by Crippen LogP contribution is -2.27. The van der Waals surface area contributed by atoms with Gasteiger partial charge < -0.3 is 4.74 Å². The fourth-order valence-corrected chi connectivity index (χ4v) is 3.03. The van der Waals surface area contributed by atoms with Gasteiger partial charge in [-0.3, -0.25) is 0 Å². The van der Waals surface area contributed by atoms with Gasteiger partial charge in [0.2, 0.25) is 6.17 Å². The van der Waals surface area contributed by atoms with Crippen molar-refractivity contribution in [3.05, 3.63) is 70.5 Å². The molecule has 2 rings (SSSR count). The third kappa shape index (κ3) is 6.33. The molecule has 0 bridgehead atoms. The second kappa shape index (κ2) is 10.6. The van der Waals surface area contributed by atoms with Crippen LogP contribution in [0.1, 0.15) is 68.0 Å². The Labute approximate surface area is 164 Å². The SMILES string of the molecule is CCCCCc1ccc(C(F)C(F)(F)OCc2ccc(CCC)c(F)c2)cc1. The number of rotatable bonds is 11. The van der Waals surface area contributed by atoms with Gasteiger partial charge >= 0.3 is 6.11 Å². The Kier molecular flexibility index (Phi) is 8.49. The second-order valence-electron chi connectivity index (χ2n) is 7.09. The average Bonchev–Trinajstić information content (AvgIpc) is 2.68. The lowest BCUT2D eigenvalue weighted by Gasteiger charge is -2.21. The molecule has 0 N–H and O–H groups in total. The Morgan fingerprint density at radius 3 is 2.18 bits per heavy atom. The molecule has 1 unspecified atom stereocenters. The summed E-state index contributed by atoms with van der Waals surface area (Å²) >= 11 is 0. The van der Waals surface area contributed by atoms with Crippen molar-refractivity contribution >= 4 is 0 Å². The molecule has 0 aliphatic carbocycles. The standard InChI is InChI=1S/C23H28F4O/c1-3-5-6-8-17-9-13-20(14-10-17)22(25)23(26,27)28-16-18-11-12-19(7-4-2)21(24)15-18/h9-15,22H,3-8,16H2,1-2H3. The van der Waals surface area contributed by atoms with E-state index in [9.17, 15) is 17.6 Å². The van der Waals surface area contributed by atoms with Gasteiger partial charge in [-0.1, -0.05) is 69.5 Å². The van der Waals surface area contributed by atoms with Crippen LogP contribution in [-0.4, -0.2) is 6.11 Å². The van der Waals surface area contributed by atoms with E-state index in [1.165, 1.54) is 24.3 Å². The molecular formula is C23H28F4O. The topological polar surface area (TPSA) is 9.23 Å². The van der Waals surface area contributed by atoms with Gasteiger partial charge in [0.25, 0.3) is 0 Å². The van der Waals surface area contributed by atoms with Crippen LogP contribution >= 0.6 is 0 Å². The minimum Gasteiger partial charge on any atom is -0.313 e. The number of unbranched alkanes of at least 4 members (excludes halogenated alkanes) is 2. The van der Waals surface area contributed by atoms with Crippen LogP contribution in [-0.2, 0) is 24.2 Å². The van der Waals surface area contributed by atoms with Crippen LogP contribution < -0.4 is 0 Å². The first-order valence-corrected chi connectivity index (χ1v) is 9.89. The fourth-order valence-electron chi connectivity index (χ4n) is 3.03. The smallest absolute Gasteiger partial charge is 0.313 e. The van der Waals surface area contributed by atoms with Crippen LogP contribution in [0.25, 0.3) is 0 Å². The molecule has 0 saturated heterocycles. The van der Waals surface area contributed by atoms with E-state index >= 15 is 0 Å². The maximum absolute atomic E-state index is 14.3. The first-order valence-electron chi connectivity index (χ1n) is 9.89. The molecule has 0 spiro atoms. The highest BCUT2D eigenvalue weighted by atomic mass is 19.3. The summed E-state index contributed by atoms with van der Waals surface area (Å²) in [7, 11) is 0. The Hall–Kier alpha value is -1.88. The van der Waals surface area contributed by atoms with Crippen molar-refractivity contribution in [2.45, 2.75) is 71.3 Å². The van der Waals surface area contributed by atoms with Crippen molar-refractivity contribution in [3.8, 4) is 0 Å². The third-order valence-electron chi connectivity index (χ3n) is 4.70. The summed E-state index contributed by atoms with van der Waals surface area (Å²) in [5, 5.41) is 0. The zero-order chi connectivity index (χ0) is 20.6. The molecule has 0 radical (unpaired) electrons. The number of aryl methyl sites for hydroxylation is 2. The predicted molar refractivity (Wildman–Crippen MR) is 104 cm³/mol. The van der Waals surface area contributed by atoms with Gasteiger partial charge in [0, 0.05) is 0 Å². The molecule has 0 fully saturated rings. The van der Waals surface area contributed by atoms with Gasteiger partial charge in [0.1, 0.15) is 5.82 Å². The van der Waals surface area contributed by atoms with Crippen LogP contribution in [0.5, 0.6) is 0 Å². The van der Waals surface area contributed by atoms with Crippen molar-refractivity contribution in [2.75, 3.05) is 0 Å². The van der Waals surface area contributed by atoms with E-state index in [1.54, 1.807) is 18.2 Å². The second-order valence-corrected chi connectivity index (χ2v) is 7.09. The minimum atomic E-state index is -4.00. The van der Waals surface area contributed by atoms with Crippen molar-refractivity contribution in [2.24, 2.45) is 0 Å². The van der Waals surface area contributed by atoms with Gasteiger partial charge in [-0.2, -0.15) is 8.78 Å². The molecule has 28 heavy (non-hydrogen) atoms. The summed E-state index contributed by atoms with van der Waals surface area (Å²) in [4.78, 5) is 0. The summed E-state index contributed by atoms with van der Waals surface area (Å²) in [6.07, 6.45) is -1.17. The predicted octanol–water partition coefficient (Wildman–Crippen LogP) is 7.33. The van der Waals surface area contributed by atoms with E-state index in [-0.39, 0.29) is 11.1 Å². The van der Waals surface area contributed by atoms with Crippen LogP contribution in [0, 0.1) is 5.82 Å². The fraction of sp³-hybridized carbons (Fsp3) is 0.478. The average molecular weight is 396 g/mol. The van der Waals surface area contributed by atoms with Gasteiger partial charge in [-0.05, 0) is 47.6 Å². The van der Waals surface area contributed by atoms with Gasteiger partial charge in [0.05, 0.1) is 6.61 Å². The molecule has 0 heterocycles. The van der Waals surface area contributed by atoms with Gasteiger partial charge in [-0.25, -0.2) is 8.78 Å². The summed E-state index contributed by atoms with van der Waals surface area (Å²) in [6.45, 7) is 3.47. The maximum Gasteiger partial charge on any atom is 0.391 e. The molecule has 2 aromatic rings. The molecule has 0 aromatic heterocycles. The summed E-state index contributed by atoms with van der Waals surface area (Å²) in [6, 6.07) is 10.4. The van der Waals surface area contributed by atoms with Crippen molar-refractivity contribution in [3.63, 3.8) is 0 Å². The quantitative estimate of drug-likeness (QED) is 0.285. The molecule has 2 aromatic carbocycles. The van der Waals surface area contributed by atoms with E-state index in [0.717, 1.165) is 37.7 Å². The Morgan fingerprint density at radius 1 is 0.893 bits per heavy atom. The van der Waals surface area contributed by atoms with Crippen LogP contribution in [0.2, 0.25) is 0 Å². The highest BCUT2D eigenvalue weighted by molar-refractivity contribution is 5.26. The van der Waals surface area contributed by atoms with Crippen LogP contribution in [0.4, 0.5) is 17.6 Å². The zero-order valence-electron chi connectivity index (χ0n) is 16.5. The molecule has 0 aliphatic heterocycles. The van der Waals surface area contributed by atoms with Gasteiger partial charge in [0.15, 0.2) is 0 Å². The largest absolute Gasteiger partial charge is 0.391 e. The Morgan fingerprint density at radius 2 is 1.57 bits per heavy atom. The van der Waals surface area contributed by atoms with E-state index < -0.39 is 24.7 Å². The Balaban J connectivity index is 1.96. The number of ether oxygens (including phenoxy) is 1. The first-order chi connectivity index (χ1) is 13.4. The lowest BCUT2D eigenvalue weighted by atomic mass is 10.0. The third-order valence-corrected chi connectivity index (χ3v) is 4.70. The summed E-state index contributed by atoms with van der Waals surface area (Å²) < 4.78 is 61.1. The summed E-state index contributed by atoms with van der Waals surface area (Å²) in [5.41, 5.74) is 1.64. The van der Waals surface area contributed by atoms with E-state index in [2.05, 4.69) is 11.7 Å². The number of hydrogen-bond acceptors (Lipinski definition) is 1. The number of benzene rings is 2. The highest BCUT2D eigenvalue weighted by Gasteiger charge is 2.42. The monoisotopic (exact) mass is 396 g/mol.